The van der Waals surface area contributed by atoms with Gasteiger partial charge in [0.2, 0.25) is 5.91 Å². The molecule has 0 bridgehead atoms. The number of hydrogen-bond acceptors (Lipinski definition) is 2. The van der Waals surface area contributed by atoms with Crippen LogP contribution in [0, 0.1) is 11.8 Å². The third kappa shape index (κ3) is 4.97. The van der Waals surface area contributed by atoms with Gasteiger partial charge in [-0.25, -0.2) is 0 Å². The maximum atomic E-state index is 12.0. The number of rotatable bonds is 7. The van der Waals surface area contributed by atoms with Crippen LogP contribution in [0.2, 0.25) is 0 Å². The summed E-state index contributed by atoms with van der Waals surface area (Å²) >= 11 is 0. The number of hydrogen-bond donors (Lipinski definition) is 2. The highest BCUT2D eigenvalue weighted by atomic mass is 16.1. The first kappa shape index (κ1) is 16.7. The highest BCUT2D eigenvalue weighted by Gasteiger charge is 2.16. The Morgan fingerprint density at radius 3 is 2.20 bits per heavy atom. The normalized spacial score (nSPS) is 14.1. The minimum absolute atomic E-state index is 0.0276. The van der Waals surface area contributed by atoms with Crippen molar-refractivity contribution in [1.29, 1.82) is 0 Å². The van der Waals surface area contributed by atoms with Gasteiger partial charge in [0.05, 0.1) is 0 Å². The third-order valence-corrected chi connectivity index (χ3v) is 3.79. The Kier molecular flexibility index (Phi) is 6.73. The van der Waals surface area contributed by atoms with Crippen molar-refractivity contribution in [3.05, 3.63) is 29.8 Å². The number of nitrogens with one attached hydrogen (secondary N) is 2. The minimum Gasteiger partial charge on any atom is -0.326 e. The fraction of sp³-hybridized carbons (Fsp3) is 0.588. The monoisotopic (exact) mass is 276 g/mol. The Morgan fingerprint density at radius 2 is 1.70 bits per heavy atom. The summed E-state index contributed by atoms with van der Waals surface area (Å²) in [5.74, 6) is 0.470. The van der Waals surface area contributed by atoms with Gasteiger partial charge in [0.1, 0.15) is 0 Å². The van der Waals surface area contributed by atoms with Crippen LogP contribution >= 0.6 is 0 Å². The Bertz CT molecular complexity index is 412. The molecule has 112 valence electrons. The molecule has 0 fully saturated rings. The van der Waals surface area contributed by atoms with Crippen molar-refractivity contribution < 1.29 is 4.79 Å². The van der Waals surface area contributed by atoms with Crippen LogP contribution in [0.4, 0.5) is 5.69 Å². The van der Waals surface area contributed by atoms with Gasteiger partial charge >= 0.3 is 0 Å². The summed E-state index contributed by atoms with van der Waals surface area (Å²) in [7, 11) is 0. The molecule has 20 heavy (non-hydrogen) atoms. The van der Waals surface area contributed by atoms with E-state index in [4.69, 9.17) is 0 Å². The molecule has 2 unspecified atom stereocenters. The smallest absolute Gasteiger partial charge is 0.227 e. The number of carbonyl (C=O) groups is 1. The van der Waals surface area contributed by atoms with Crippen LogP contribution in [0.1, 0.15) is 52.6 Å². The summed E-state index contributed by atoms with van der Waals surface area (Å²) in [6.45, 7) is 11.4. The average molecular weight is 276 g/mol. The highest BCUT2D eigenvalue weighted by Crippen LogP contribution is 2.18. The van der Waals surface area contributed by atoms with E-state index in [0.717, 1.165) is 18.7 Å². The Labute approximate surface area is 123 Å². The van der Waals surface area contributed by atoms with Gasteiger partial charge in [0, 0.05) is 17.6 Å². The van der Waals surface area contributed by atoms with Crippen molar-refractivity contribution in [3.8, 4) is 0 Å². The van der Waals surface area contributed by atoms with Crippen LogP contribution in [-0.2, 0) is 4.79 Å². The van der Waals surface area contributed by atoms with Crippen LogP contribution in [0.5, 0.6) is 0 Å². The van der Waals surface area contributed by atoms with Crippen LogP contribution in [0.15, 0.2) is 24.3 Å². The van der Waals surface area contributed by atoms with Crippen LogP contribution in [-0.4, -0.2) is 12.5 Å². The first-order valence-corrected chi connectivity index (χ1v) is 7.59. The molecular weight excluding hydrogens is 248 g/mol. The topological polar surface area (TPSA) is 41.1 Å². The Balaban J connectivity index is 2.60. The maximum absolute atomic E-state index is 12.0. The number of carbonyl (C=O) groups excluding carboxylic acids is 1. The molecule has 0 aliphatic carbocycles. The molecule has 3 heteroatoms. The first-order valence-electron chi connectivity index (χ1n) is 7.59. The molecule has 0 aliphatic heterocycles. The molecule has 0 heterocycles. The molecule has 0 aliphatic rings. The SMILES string of the molecule is CCCNC(C)c1ccc(NC(=O)C(C)C(C)C)cc1. The zero-order valence-corrected chi connectivity index (χ0v) is 13.4. The van der Waals surface area contributed by atoms with Gasteiger partial charge in [-0.05, 0) is 43.5 Å². The van der Waals surface area contributed by atoms with Gasteiger partial charge in [-0.1, -0.05) is 39.8 Å². The molecule has 1 aromatic carbocycles. The van der Waals surface area contributed by atoms with Crippen molar-refractivity contribution in [2.75, 3.05) is 11.9 Å². The number of anilines is 1. The van der Waals surface area contributed by atoms with Crippen molar-refractivity contribution in [3.63, 3.8) is 0 Å². The van der Waals surface area contributed by atoms with Crippen molar-refractivity contribution >= 4 is 11.6 Å². The molecule has 0 radical (unpaired) electrons. The van der Waals surface area contributed by atoms with E-state index >= 15 is 0 Å². The van der Waals surface area contributed by atoms with E-state index in [9.17, 15) is 4.79 Å². The maximum Gasteiger partial charge on any atom is 0.227 e. The largest absolute Gasteiger partial charge is 0.326 e. The quantitative estimate of drug-likeness (QED) is 0.791. The third-order valence-electron chi connectivity index (χ3n) is 3.79. The molecule has 0 aromatic heterocycles. The molecule has 0 saturated carbocycles. The van der Waals surface area contributed by atoms with Crippen LogP contribution < -0.4 is 10.6 Å². The van der Waals surface area contributed by atoms with Crippen LogP contribution in [0.3, 0.4) is 0 Å². The lowest BCUT2D eigenvalue weighted by Crippen LogP contribution is -2.24. The lowest BCUT2D eigenvalue weighted by molar-refractivity contribution is -0.120. The lowest BCUT2D eigenvalue weighted by atomic mass is 9.97. The van der Waals surface area contributed by atoms with Gasteiger partial charge in [-0.2, -0.15) is 0 Å². The molecule has 0 spiro atoms. The van der Waals surface area contributed by atoms with Gasteiger partial charge in [0.25, 0.3) is 0 Å². The molecule has 1 amide bonds. The fourth-order valence-electron chi connectivity index (χ4n) is 1.89. The summed E-state index contributed by atoms with van der Waals surface area (Å²) in [5.41, 5.74) is 2.11. The molecule has 2 atom stereocenters. The van der Waals surface area contributed by atoms with E-state index < -0.39 is 0 Å². The van der Waals surface area contributed by atoms with Crippen LogP contribution in [0.25, 0.3) is 0 Å². The van der Waals surface area contributed by atoms with E-state index in [-0.39, 0.29) is 11.8 Å². The van der Waals surface area contributed by atoms with Gasteiger partial charge < -0.3 is 10.6 Å². The second-order valence-electron chi connectivity index (χ2n) is 5.82. The molecular formula is C17H28N2O. The van der Waals surface area contributed by atoms with Crippen molar-refractivity contribution in [2.24, 2.45) is 11.8 Å². The van der Waals surface area contributed by atoms with E-state index in [2.05, 4.69) is 50.5 Å². The average Bonchev–Trinajstić information content (AvgIpc) is 2.44. The fourth-order valence-corrected chi connectivity index (χ4v) is 1.89. The first-order chi connectivity index (χ1) is 9.45. The van der Waals surface area contributed by atoms with Gasteiger partial charge in [-0.15, -0.1) is 0 Å². The van der Waals surface area contributed by atoms with Crippen molar-refractivity contribution in [2.45, 2.75) is 47.1 Å². The standard InChI is InChI=1S/C17H28N2O/c1-6-11-18-14(5)15-7-9-16(10-8-15)19-17(20)13(4)12(2)3/h7-10,12-14,18H,6,11H2,1-5H3,(H,19,20). The summed E-state index contributed by atoms with van der Waals surface area (Å²) < 4.78 is 0. The summed E-state index contributed by atoms with van der Waals surface area (Å²) in [5, 5.41) is 6.43. The zero-order chi connectivity index (χ0) is 15.1. The predicted molar refractivity (Wildman–Crippen MR) is 85.8 cm³/mol. The van der Waals surface area contributed by atoms with E-state index in [1.165, 1.54) is 5.56 Å². The van der Waals surface area contributed by atoms with Crippen molar-refractivity contribution in [1.82, 2.24) is 5.32 Å². The molecule has 3 nitrogen and oxygen atoms in total. The van der Waals surface area contributed by atoms with Gasteiger partial charge in [-0.3, -0.25) is 4.79 Å². The molecule has 1 aromatic rings. The number of benzene rings is 1. The lowest BCUT2D eigenvalue weighted by Gasteiger charge is -2.17. The number of amides is 1. The van der Waals surface area contributed by atoms with E-state index in [0.29, 0.717) is 12.0 Å². The van der Waals surface area contributed by atoms with E-state index in [1.54, 1.807) is 0 Å². The predicted octanol–water partition coefficient (Wildman–Crippen LogP) is 3.98. The molecule has 1 rings (SSSR count). The highest BCUT2D eigenvalue weighted by molar-refractivity contribution is 5.92. The Hall–Kier alpha value is -1.35. The summed E-state index contributed by atoms with van der Waals surface area (Å²) in [4.78, 5) is 12.0. The second kappa shape index (κ2) is 8.05. The minimum atomic E-state index is 0.0276. The molecule has 0 saturated heterocycles. The zero-order valence-electron chi connectivity index (χ0n) is 13.4. The summed E-state index contributed by atoms with van der Waals surface area (Å²) in [6, 6.07) is 8.44. The molecule has 2 N–H and O–H groups in total. The van der Waals surface area contributed by atoms with Gasteiger partial charge in [0.15, 0.2) is 0 Å². The second-order valence-corrected chi connectivity index (χ2v) is 5.82. The van der Waals surface area contributed by atoms with E-state index in [1.807, 2.05) is 19.1 Å². The Morgan fingerprint density at radius 1 is 1.10 bits per heavy atom. The summed E-state index contributed by atoms with van der Waals surface area (Å²) in [6.07, 6.45) is 1.13.